The minimum absolute atomic E-state index is 0.0201. The second-order valence-electron chi connectivity index (χ2n) is 3.53. The molecule has 0 atom stereocenters. The van der Waals surface area contributed by atoms with Crippen LogP contribution in [0, 0.1) is 13.8 Å². The third-order valence-corrected chi connectivity index (χ3v) is 2.66. The van der Waals surface area contributed by atoms with Crippen LogP contribution in [-0.4, -0.2) is 9.55 Å². The summed E-state index contributed by atoms with van der Waals surface area (Å²) in [5.41, 5.74) is 3.07. The molecule has 0 spiro atoms. The van der Waals surface area contributed by atoms with E-state index in [0.717, 1.165) is 16.6 Å². The monoisotopic (exact) mass is 188 g/mol. The van der Waals surface area contributed by atoms with Crippen molar-refractivity contribution in [3.8, 4) is 0 Å². The highest BCUT2D eigenvalue weighted by Gasteiger charge is 2.04. The molecule has 2 aromatic heterocycles. The lowest BCUT2D eigenvalue weighted by Crippen LogP contribution is -2.16. The summed E-state index contributed by atoms with van der Waals surface area (Å²) in [5.74, 6) is 0. The van der Waals surface area contributed by atoms with E-state index >= 15 is 0 Å². The van der Waals surface area contributed by atoms with E-state index < -0.39 is 0 Å². The zero-order chi connectivity index (χ0) is 10.3. The molecule has 3 nitrogen and oxygen atoms in total. The van der Waals surface area contributed by atoms with E-state index in [1.807, 2.05) is 19.9 Å². The van der Waals surface area contributed by atoms with Crippen molar-refractivity contribution in [1.82, 2.24) is 9.55 Å². The third-order valence-electron chi connectivity index (χ3n) is 2.66. The first kappa shape index (κ1) is 8.94. The van der Waals surface area contributed by atoms with Crippen molar-refractivity contribution >= 4 is 11.0 Å². The van der Waals surface area contributed by atoms with Crippen LogP contribution in [0.25, 0.3) is 11.0 Å². The highest BCUT2D eigenvalue weighted by Crippen LogP contribution is 2.16. The summed E-state index contributed by atoms with van der Waals surface area (Å²) in [7, 11) is 1.74. The van der Waals surface area contributed by atoms with Gasteiger partial charge in [-0.1, -0.05) is 0 Å². The van der Waals surface area contributed by atoms with Crippen LogP contribution in [0.1, 0.15) is 11.1 Å². The highest BCUT2D eigenvalue weighted by atomic mass is 16.1. The van der Waals surface area contributed by atoms with Crippen LogP contribution in [-0.2, 0) is 7.05 Å². The fourth-order valence-corrected chi connectivity index (χ4v) is 1.54. The van der Waals surface area contributed by atoms with Gasteiger partial charge in [0.15, 0.2) is 0 Å². The Bertz CT molecular complexity index is 555. The smallest absolute Gasteiger partial charge is 0.251 e. The summed E-state index contributed by atoms with van der Waals surface area (Å²) in [6.07, 6.45) is 1.80. The Balaban J connectivity index is 3.01. The molecule has 0 aliphatic heterocycles. The number of nitrogens with zero attached hydrogens (tertiary/aromatic N) is 2. The Kier molecular flexibility index (Phi) is 1.88. The van der Waals surface area contributed by atoms with Crippen LogP contribution in [0.5, 0.6) is 0 Å². The lowest BCUT2D eigenvalue weighted by Gasteiger charge is -2.07. The SMILES string of the molecule is Cc1cnc2c(ccc(=O)n2C)c1C. The van der Waals surface area contributed by atoms with Gasteiger partial charge in [-0.15, -0.1) is 0 Å². The fraction of sp³-hybridized carbons (Fsp3) is 0.273. The van der Waals surface area contributed by atoms with Gasteiger partial charge in [0.2, 0.25) is 0 Å². The number of hydrogen-bond acceptors (Lipinski definition) is 2. The van der Waals surface area contributed by atoms with Gasteiger partial charge in [0.1, 0.15) is 5.65 Å². The number of fused-ring (bicyclic) bond motifs is 1. The molecule has 0 amide bonds. The molecule has 14 heavy (non-hydrogen) atoms. The van der Waals surface area contributed by atoms with Crippen molar-refractivity contribution in [3.05, 3.63) is 39.8 Å². The first-order chi connectivity index (χ1) is 6.61. The average Bonchev–Trinajstić information content (AvgIpc) is 2.17. The van der Waals surface area contributed by atoms with E-state index in [2.05, 4.69) is 4.98 Å². The molecule has 2 heterocycles. The lowest BCUT2D eigenvalue weighted by atomic mass is 10.1. The fourth-order valence-electron chi connectivity index (χ4n) is 1.54. The van der Waals surface area contributed by atoms with Crippen molar-refractivity contribution in [3.63, 3.8) is 0 Å². The van der Waals surface area contributed by atoms with Crippen molar-refractivity contribution in [2.45, 2.75) is 13.8 Å². The molecule has 3 heteroatoms. The standard InChI is InChI=1S/C11H12N2O/c1-7-6-12-11-9(8(7)2)4-5-10(14)13(11)3/h4-6H,1-3H3. The van der Waals surface area contributed by atoms with E-state index in [1.54, 1.807) is 23.9 Å². The summed E-state index contributed by atoms with van der Waals surface area (Å²) in [6.45, 7) is 4.07. The van der Waals surface area contributed by atoms with Gasteiger partial charge < -0.3 is 0 Å². The van der Waals surface area contributed by atoms with Gasteiger partial charge in [0.05, 0.1) is 0 Å². The van der Waals surface area contributed by atoms with Gasteiger partial charge in [-0.2, -0.15) is 0 Å². The second kappa shape index (κ2) is 2.94. The number of aryl methyl sites for hydroxylation is 3. The number of rotatable bonds is 0. The third kappa shape index (κ3) is 1.13. The molecule has 0 aromatic carbocycles. The molecule has 2 rings (SSSR count). The molecule has 0 unspecified atom stereocenters. The molecular weight excluding hydrogens is 176 g/mol. The Morgan fingerprint density at radius 1 is 1.29 bits per heavy atom. The van der Waals surface area contributed by atoms with Crippen molar-refractivity contribution in [1.29, 1.82) is 0 Å². The van der Waals surface area contributed by atoms with Gasteiger partial charge in [-0.3, -0.25) is 9.36 Å². The average molecular weight is 188 g/mol. The van der Waals surface area contributed by atoms with Crippen LogP contribution < -0.4 is 5.56 Å². The predicted molar refractivity (Wildman–Crippen MR) is 56.5 cm³/mol. The minimum atomic E-state index is -0.0201. The van der Waals surface area contributed by atoms with Gasteiger partial charge >= 0.3 is 0 Å². The molecule has 0 bridgehead atoms. The van der Waals surface area contributed by atoms with Crippen LogP contribution >= 0.6 is 0 Å². The topological polar surface area (TPSA) is 34.9 Å². The van der Waals surface area contributed by atoms with E-state index in [-0.39, 0.29) is 5.56 Å². The molecule has 0 aliphatic rings. The van der Waals surface area contributed by atoms with Crippen molar-refractivity contribution < 1.29 is 0 Å². The predicted octanol–water partition coefficient (Wildman–Crippen LogP) is 1.55. The summed E-state index contributed by atoms with van der Waals surface area (Å²) in [4.78, 5) is 15.6. The molecule has 0 radical (unpaired) electrons. The first-order valence-electron chi connectivity index (χ1n) is 4.53. The van der Waals surface area contributed by atoms with E-state index in [1.165, 1.54) is 5.56 Å². The van der Waals surface area contributed by atoms with E-state index in [0.29, 0.717) is 0 Å². The quantitative estimate of drug-likeness (QED) is 0.628. The van der Waals surface area contributed by atoms with Crippen LogP contribution in [0.4, 0.5) is 0 Å². The molecular formula is C11H12N2O. The second-order valence-corrected chi connectivity index (χ2v) is 3.53. The van der Waals surface area contributed by atoms with Crippen molar-refractivity contribution in [2.24, 2.45) is 7.05 Å². The molecule has 0 fully saturated rings. The van der Waals surface area contributed by atoms with Crippen LogP contribution in [0.3, 0.4) is 0 Å². The zero-order valence-corrected chi connectivity index (χ0v) is 8.53. The largest absolute Gasteiger partial charge is 0.296 e. The molecule has 2 aromatic rings. The van der Waals surface area contributed by atoms with Gasteiger partial charge in [-0.25, -0.2) is 4.98 Å². The molecule has 72 valence electrons. The molecule has 0 N–H and O–H groups in total. The summed E-state index contributed by atoms with van der Waals surface area (Å²) in [5, 5.41) is 1.05. The lowest BCUT2D eigenvalue weighted by molar-refractivity contribution is 0.886. The molecule has 0 saturated heterocycles. The van der Waals surface area contributed by atoms with E-state index in [4.69, 9.17) is 0 Å². The Hall–Kier alpha value is -1.64. The van der Waals surface area contributed by atoms with Gasteiger partial charge in [0.25, 0.3) is 5.56 Å². The maximum atomic E-state index is 11.4. The maximum Gasteiger partial charge on any atom is 0.251 e. The first-order valence-corrected chi connectivity index (χ1v) is 4.53. The number of hydrogen-bond donors (Lipinski definition) is 0. The Morgan fingerprint density at radius 3 is 2.71 bits per heavy atom. The van der Waals surface area contributed by atoms with Crippen molar-refractivity contribution in [2.75, 3.05) is 0 Å². The maximum absolute atomic E-state index is 11.4. The molecule has 0 saturated carbocycles. The summed E-state index contributed by atoms with van der Waals surface area (Å²) < 4.78 is 1.57. The summed E-state index contributed by atoms with van der Waals surface area (Å²) >= 11 is 0. The molecule has 0 aliphatic carbocycles. The Morgan fingerprint density at radius 2 is 2.00 bits per heavy atom. The highest BCUT2D eigenvalue weighted by molar-refractivity contribution is 5.79. The van der Waals surface area contributed by atoms with Gasteiger partial charge in [-0.05, 0) is 31.0 Å². The summed E-state index contributed by atoms with van der Waals surface area (Å²) in [6, 6.07) is 3.42. The Labute approximate surface area is 82.0 Å². The van der Waals surface area contributed by atoms with Crippen LogP contribution in [0.15, 0.2) is 23.1 Å². The number of aromatic nitrogens is 2. The van der Waals surface area contributed by atoms with Crippen LogP contribution in [0.2, 0.25) is 0 Å². The normalized spacial score (nSPS) is 10.8. The number of pyridine rings is 2. The minimum Gasteiger partial charge on any atom is -0.296 e. The van der Waals surface area contributed by atoms with Gasteiger partial charge in [0, 0.05) is 24.7 Å². The van der Waals surface area contributed by atoms with E-state index in [9.17, 15) is 4.79 Å². The zero-order valence-electron chi connectivity index (χ0n) is 8.53.